The van der Waals surface area contributed by atoms with Gasteiger partial charge in [-0.15, -0.1) is 0 Å². The van der Waals surface area contributed by atoms with E-state index in [9.17, 15) is 18.0 Å². The third-order valence-electron chi connectivity index (χ3n) is 5.88. The van der Waals surface area contributed by atoms with Gasteiger partial charge in [0.15, 0.2) is 0 Å². The molecule has 2 heterocycles. The highest BCUT2D eigenvalue weighted by Gasteiger charge is 2.33. The number of carbonyl (C=O) groups excluding carboxylic acids is 1. The maximum absolute atomic E-state index is 13.3. The first-order chi connectivity index (χ1) is 15.3. The van der Waals surface area contributed by atoms with Crippen LogP contribution in [0.5, 0.6) is 0 Å². The van der Waals surface area contributed by atoms with Gasteiger partial charge in [0.05, 0.1) is 16.6 Å². The molecule has 0 aliphatic carbocycles. The Balaban J connectivity index is 1.47. The molecule has 168 valence electrons. The van der Waals surface area contributed by atoms with Crippen LogP contribution in [0.3, 0.4) is 0 Å². The van der Waals surface area contributed by atoms with Crippen LogP contribution < -0.4 is 5.32 Å². The number of para-hydroxylation sites is 1. The van der Waals surface area contributed by atoms with Crippen molar-refractivity contribution in [2.24, 2.45) is 0 Å². The lowest BCUT2D eigenvalue weighted by Gasteiger charge is -2.40. The van der Waals surface area contributed by atoms with E-state index in [0.717, 1.165) is 25.7 Å². The van der Waals surface area contributed by atoms with Gasteiger partial charge in [-0.25, -0.2) is 0 Å². The number of hydrogen-bond donors (Lipinski definition) is 1. The van der Waals surface area contributed by atoms with E-state index in [1.807, 2.05) is 18.2 Å². The predicted octanol–water partition coefficient (Wildman–Crippen LogP) is 3.97. The Morgan fingerprint density at radius 3 is 2.62 bits per heavy atom. The minimum Gasteiger partial charge on any atom is -0.351 e. The number of halogens is 3. The number of alkyl halides is 3. The summed E-state index contributed by atoms with van der Waals surface area (Å²) in [6, 6.07) is 15.7. The van der Waals surface area contributed by atoms with Crippen LogP contribution in [-0.4, -0.2) is 60.5 Å². The Morgan fingerprint density at radius 1 is 1.09 bits per heavy atom. The van der Waals surface area contributed by atoms with E-state index in [1.54, 1.807) is 0 Å². The van der Waals surface area contributed by atoms with E-state index in [4.69, 9.17) is 0 Å². The van der Waals surface area contributed by atoms with Crippen LogP contribution in [0, 0.1) is 0 Å². The van der Waals surface area contributed by atoms with Gasteiger partial charge in [-0.1, -0.05) is 42.5 Å². The number of amides is 1. The molecule has 1 fully saturated rings. The van der Waals surface area contributed by atoms with Crippen molar-refractivity contribution in [3.63, 3.8) is 0 Å². The van der Waals surface area contributed by atoms with E-state index in [-0.39, 0.29) is 22.5 Å². The van der Waals surface area contributed by atoms with Crippen molar-refractivity contribution in [3.05, 3.63) is 77.5 Å². The summed E-state index contributed by atoms with van der Waals surface area (Å²) in [6.45, 7) is 3.75. The summed E-state index contributed by atoms with van der Waals surface area (Å²) < 4.78 is 39.9. The van der Waals surface area contributed by atoms with Crippen molar-refractivity contribution in [1.29, 1.82) is 0 Å². The predicted molar refractivity (Wildman–Crippen MR) is 117 cm³/mol. The SMILES string of the molecule is CN1CCN(CCNC(=O)c2ccnc3c(C(F)(F)F)cccc23)C(c2ccccc2)C1. The summed E-state index contributed by atoms with van der Waals surface area (Å²) in [4.78, 5) is 21.3. The summed E-state index contributed by atoms with van der Waals surface area (Å²) in [5, 5.41) is 3.07. The number of benzene rings is 2. The minimum atomic E-state index is -4.53. The highest BCUT2D eigenvalue weighted by Crippen LogP contribution is 2.34. The molecule has 2 aromatic carbocycles. The van der Waals surface area contributed by atoms with Crippen molar-refractivity contribution < 1.29 is 18.0 Å². The van der Waals surface area contributed by atoms with Gasteiger partial charge in [0.1, 0.15) is 0 Å². The van der Waals surface area contributed by atoms with Gasteiger partial charge in [-0.05, 0) is 24.7 Å². The number of piperazine rings is 1. The van der Waals surface area contributed by atoms with Crippen LogP contribution in [-0.2, 0) is 6.18 Å². The fourth-order valence-electron chi connectivity index (χ4n) is 4.23. The molecule has 1 aliphatic heterocycles. The Kier molecular flexibility index (Phi) is 6.43. The highest BCUT2D eigenvalue weighted by molar-refractivity contribution is 6.06. The van der Waals surface area contributed by atoms with Crippen LogP contribution >= 0.6 is 0 Å². The van der Waals surface area contributed by atoms with Crippen LogP contribution in [0.2, 0.25) is 0 Å². The molecule has 8 heteroatoms. The quantitative estimate of drug-likeness (QED) is 0.650. The second-order valence-electron chi connectivity index (χ2n) is 8.04. The van der Waals surface area contributed by atoms with Gasteiger partial charge in [-0.2, -0.15) is 13.2 Å². The van der Waals surface area contributed by atoms with E-state index >= 15 is 0 Å². The van der Waals surface area contributed by atoms with Crippen molar-refractivity contribution in [1.82, 2.24) is 20.1 Å². The number of aromatic nitrogens is 1. The molecule has 3 aromatic rings. The van der Waals surface area contributed by atoms with Crippen LogP contribution in [0.1, 0.15) is 27.5 Å². The summed E-state index contributed by atoms with van der Waals surface area (Å²) in [6.07, 6.45) is -3.28. The normalized spacial score (nSPS) is 18.1. The average molecular weight is 442 g/mol. The Bertz CT molecular complexity index is 1090. The zero-order valence-corrected chi connectivity index (χ0v) is 17.8. The van der Waals surface area contributed by atoms with Crippen molar-refractivity contribution in [2.45, 2.75) is 12.2 Å². The van der Waals surface area contributed by atoms with Gasteiger partial charge in [0.25, 0.3) is 5.91 Å². The van der Waals surface area contributed by atoms with Gasteiger partial charge in [-0.3, -0.25) is 14.7 Å². The lowest BCUT2D eigenvalue weighted by molar-refractivity contribution is -0.136. The van der Waals surface area contributed by atoms with Crippen molar-refractivity contribution in [2.75, 3.05) is 39.8 Å². The Morgan fingerprint density at radius 2 is 1.88 bits per heavy atom. The number of nitrogens with zero attached hydrogens (tertiary/aromatic N) is 3. The monoisotopic (exact) mass is 442 g/mol. The second kappa shape index (κ2) is 9.26. The molecule has 32 heavy (non-hydrogen) atoms. The molecule has 0 bridgehead atoms. The smallest absolute Gasteiger partial charge is 0.351 e. The van der Waals surface area contributed by atoms with Crippen molar-refractivity contribution >= 4 is 16.8 Å². The van der Waals surface area contributed by atoms with Crippen LogP contribution in [0.25, 0.3) is 10.9 Å². The largest absolute Gasteiger partial charge is 0.418 e. The highest BCUT2D eigenvalue weighted by atomic mass is 19.4. The maximum atomic E-state index is 13.3. The summed E-state index contributed by atoms with van der Waals surface area (Å²) in [5.41, 5.74) is 0.368. The molecule has 1 aromatic heterocycles. The molecular formula is C24H25F3N4O. The van der Waals surface area contributed by atoms with Gasteiger partial charge < -0.3 is 10.2 Å². The number of nitrogens with one attached hydrogen (secondary N) is 1. The zero-order chi connectivity index (χ0) is 22.7. The van der Waals surface area contributed by atoms with Gasteiger partial charge in [0.2, 0.25) is 0 Å². The second-order valence-corrected chi connectivity index (χ2v) is 8.04. The van der Waals surface area contributed by atoms with E-state index < -0.39 is 17.6 Å². The number of hydrogen-bond acceptors (Lipinski definition) is 4. The number of likely N-dealkylation sites (N-methyl/N-ethyl adjacent to an activating group) is 1. The molecule has 0 saturated carbocycles. The molecule has 0 spiro atoms. The van der Waals surface area contributed by atoms with Gasteiger partial charge >= 0.3 is 6.18 Å². The molecule has 4 rings (SSSR count). The number of carbonyl (C=O) groups is 1. The first kappa shape index (κ1) is 22.2. The minimum absolute atomic E-state index is 0.194. The lowest BCUT2D eigenvalue weighted by atomic mass is 10.0. The molecule has 1 aliphatic rings. The number of rotatable bonds is 5. The molecule has 5 nitrogen and oxygen atoms in total. The summed E-state index contributed by atoms with van der Waals surface area (Å²) >= 11 is 0. The Hall–Kier alpha value is -2.97. The van der Waals surface area contributed by atoms with E-state index in [0.29, 0.717) is 13.1 Å². The number of fused-ring (bicyclic) bond motifs is 1. The molecule has 1 N–H and O–H groups in total. The topological polar surface area (TPSA) is 48.5 Å². The first-order valence-corrected chi connectivity index (χ1v) is 10.6. The van der Waals surface area contributed by atoms with Crippen LogP contribution in [0.4, 0.5) is 13.2 Å². The van der Waals surface area contributed by atoms with Crippen molar-refractivity contribution in [3.8, 4) is 0 Å². The molecule has 1 atom stereocenters. The standard InChI is InChI=1S/C24H25F3N4O/c1-30-14-15-31(21(16-30)17-6-3-2-4-7-17)13-12-29-23(32)19-10-11-28-22-18(19)8-5-9-20(22)24(25,26)27/h2-11,21H,12-16H2,1H3,(H,29,32). The molecule has 1 unspecified atom stereocenters. The van der Waals surface area contributed by atoms with E-state index in [2.05, 4.69) is 39.3 Å². The average Bonchev–Trinajstić information content (AvgIpc) is 2.79. The van der Waals surface area contributed by atoms with E-state index in [1.165, 1.54) is 30.0 Å². The molecule has 1 amide bonds. The van der Waals surface area contributed by atoms with Crippen LogP contribution in [0.15, 0.2) is 60.8 Å². The third kappa shape index (κ3) is 4.76. The fourth-order valence-corrected chi connectivity index (χ4v) is 4.23. The molecular weight excluding hydrogens is 417 g/mol. The summed E-state index contributed by atoms with van der Waals surface area (Å²) in [5.74, 6) is -0.401. The molecule has 1 saturated heterocycles. The summed E-state index contributed by atoms with van der Waals surface area (Å²) in [7, 11) is 2.10. The maximum Gasteiger partial charge on any atom is 0.418 e. The lowest BCUT2D eigenvalue weighted by Crippen LogP contribution is -2.49. The van der Waals surface area contributed by atoms with Gasteiger partial charge in [0, 0.05) is 50.3 Å². The number of pyridine rings is 1. The Labute approximate surface area is 184 Å². The first-order valence-electron chi connectivity index (χ1n) is 10.6. The molecule has 0 radical (unpaired) electrons. The third-order valence-corrected chi connectivity index (χ3v) is 5.88. The fraction of sp³-hybridized carbons (Fsp3) is 0.333. The zero-order valence-electron chi connectivity index (χ0n) is 17.8.